The fourth-order valence-electron chi connectivity index (χ4n) is 1.37. The first-order valence-electron chi connectivity index (χ1n) is 4.97. The van der Waals surface area contributed by atoms with Crippen molar-refractivity contribution in [2.75, 3.05) is 5.32 Å². The van der Waals surface area contributed by atoms with Crippen LogP contribution in [-0.4, -0.2) is 4.99 Å². The number of hydrogen-bond acceptors (Lipinski definition) is 1. The Balaban J connectivity index is 2.14. The SMILES string of the molecule is Fc1ccc(C(=S)Nc2cccc(Cl)c2)cc1. The van der Waals surface area contributed by atoms with Gasteiger partial charge in [-0.2, -0.15) is 0 Å². The summed E-state index contributed by atoms with van der Waals surface area (Å²) in [5, 5.41) is 3.68. The molecule has 0 unspecified atom stereocenters. The van der Waals surface area contributed by atoms with Crippen molar-refractivity contribution < 1.29 is 4.39 Å². The summed E-state index contributed by atoms with van der Waals surface area (Å²) in [4.78, 5) is 0.535. The molecule has 0 heterocycles. The van der Waals surface area contributed by atoms with Gasteiger partial charge in [-0.25, -0.2) is 4.39 Å². The molecular weight excluding hydrogens is 257 g/mol. The lowest BCUT2D eigenvalue weighted by Gasteiger charge is -2.08. The van der Waals surface area contributed by atoms with Crippen molar-refractivity contribution >= 4 is 34.5 Å². The molecule has 0 saturated heterocycles. The molecule has 0 aliphatic carbocycles. The second-order valence-electron chi connectivity index (χ2n) is 3.47. The Labute approximate surface area is 109 Å². The van der Waals surface area contributed by atoms with Crippen LogP contribution in [0.1, 0.15) is 5.56 Å². The van der Waals surface area contributed by atoms with E-state index in [0.29, 0.717) is 10.0 Å². The average molecular weight is 266 g/mol. The molecule has 0 amide bonds. The van der Waals surface area contributed by atoms with Crippen molar-refractivity contribution in [3.63, 3.8) is 0 Å². The maximum Gasteiger partial charge on any atom is 0.123 e. The highest BCUT2D eigenvalue weighted by Gasteiger charge is 2.02. The molecule has 2 rings (SSSR count). The summed E-state index contributed by atoms with van der Waals surface area (Å²) in [6, 6.07) is 13.3. The number of nitrogens with one attached hydrogen (secondary N) is 1. The molecule has 0 aromatic heterocycles. The van der Waals surface area contributed by atoms with Gasteiger partial charge in [0.05, 0.1) is 0 Å². The Morgan fingerprint density at radius 3 is 2.47 bits per heavy atom. The van der Waals surface area contributed by atoms with Crippen LogP contribution in [0.5, 0.6) is 0 Å². The van der Waals surface area contributed by atoms with Crippen molar-refractivity contribution in [2.45, 2.75) is 0 Å². The highest BCUT2D eigenvalue weighted by molar-refractivity contribution is 7.81. The second-order valence-corrected chi connectivity index (χ2v) is 4.32. The van der Waals surface area contributed by atoms with Gasteiger partial charge < -0.3 is 5.32 Å². The summed E-state index contributed by atoms with van der Waals surface area (Å²) in [7, 11) is 0. The van der Waals surface area contributed by atoms with Crippen molar-refractivity contribution in [1.82, 2.24) is 0 Å². The van der Waals surface area contributed by atoms with Crippen LogP contribution in [0, 0.1) is 5.82 Å². The Morgan fingerprint density at radius 1 is 1.12 bits per heavy atom. The minimum absolute atomic E-state index is 0.278. The summed E-state index contributed by atoms with van der Waals surface area (Å²) in [6.45, 7) is 0. The molecule has 86 valence electrons. The first-order valence-corrected chi connectivity index (χ1v) is 5.76. The van der Waals surface area contributed by atoms with E-state index in [4.69, 9.17) is 23.8 Å². The molecule has 0 spiro atoms. The first-order chi connectivity index (χ1) is 8.15. The van der Waals surface area contributed by atoms with Crippen LogP contribution >= 0.6 is 23.8 Å². The van der Waals surface area contributed by atoms with E-state index in [1.807, 2.05) is 12.1 Å². The Morgan fingerprint density at radius 2 is 1.82 bits per heavy atom. The van der Waals surface area contributed by atoms with Crippen molar-refractivity contribution in [3.05, 3.63) is 64.9 Å². The van der Waals surface area contributed by atoms with E-state index >= 15 is 0 Å². The summed E-state index contributed by atoms with van der Waals surface area (Å²) in [6.07, 6.45) is 0. The maximum atomic E-state index is 12.7. The average Bonchev–Trinajstić information content (AvgIpc) is 2.29. The van der Waals surface area contributed by atoms with Gasteiger partial charge in [0.1, 0.15) is 10.8 Å². The molecular formula is C13H9ClFNS. The lowest BCUT2D eigenvalue weighted by atomic mass is 10.2. The minimum atomic E-state index is -0.278. The van der Waals surface area contributed by atoms with E-state index in [0.717, 1.165) is 11.3 Å². The van der Waals surface area contributed by atoms with Gasteiger partial charge in [0.25, 0.3) is 0 Å². The van der Waals surface area contributed by atoms with Gasteiger partial charge in [-0.15, -0.1) is 0 Å². The number of rotatable bonds is 2. The van der Waals surface area contributed by atoms with Crippen molar-refractivity contribution in [2.24, 2.45) is 0 Å². The minimum Gasteiger partial charge on any atom is -0.346 e. The lowest BCUT2D eigenvalue weighted by molar-refractivity contribution is 0.628. The smallest absolute Gasteiger partial charge is 0.123 e. The largest absolute Gasteiger partial charge is 0.346 e. The van der Waals surface area contributed by atoms with Gasteiger partial charge in [0.15, 0.2) is 0 Å². The number of hydrogen-bond donors (Lipinski definition) is 1. The van der Waals surface area contributed by atoms with Gasteiger partial charge in [0.2, 0.25) is 0 Å². The molecule has 0 bridgehead atoms. The standard InChI is InChI=1S/C13H9ClFNS/c14-10-2-1-3-12(8-10)16-13(17)9-4-6-11(15)7-5-9/h1-8H,(H,16,17). The highest BCUT2D eigenvalue weighted by atomic mass is 35.5. The van der Waals surface area contributed by atoms with Crippen LogP contribution in [0.2, 0.25) is 5.02 Å². The Kier molecular flexibility index (Phi) is 3.71. The number of thiocarbonyl (C=S) groups is 1. The zero-order valence-corrected chi connectivity index (χ0v) is 10.4. The highest BCUT2D eigenvalue weighted by Crippen LogP contribution is 2.16. The summed E-state index contributed by atoms with van der Waals surface area (Å²) >= 11 is 11.1. The zero-order chi connectivity index (χ0) is 12.3. The summed E-state index contributed by atoms with van der Waals surface area (Å²) in [5.74, 6) is -0.278. The summed E-state index contributed by atoms with van der Waals surface area (Å²) < 4.78 is 12.7. The van der Waals surface area contributed by atoms with Crippen molar-refractivity contribution in [1.29, 1.82) is 0 Å². The fourth-order valence-corrected chi connectivity index (χ4v) is 1.81. The molecule has 0 saturated carbocycles. The van der Waals surface area contributed by atoms with Crippen LogP contribution < -0.4 is 5.32 Å². The number of anilines is 1. The van der Waals surface area contributed by atoms with Gasteiger partial charge in [-0.05, 0) is 42.5 Å². The molecule has 2 aromatic carbocycles. The lowest BCUT2D eigenvalue weighted by Crippen LogP contribution is -2.10. The van der Waals surface area contributed by atoms with E-state index in [1.165, 1.54) is 12.1 Å². The molecule has 1 N–H and O–H groups in total. The van der Waals surface area contributed by atoms with Gasteiger partial charge in [0, 0.05) is 16.3 Å². The van der Waals surface area contributed by atoms with E-state index in [-0.39, 0.29) is 5.82 Å². The first kappa shape index (κ1) is 12.0. The van der Waals surface area contributed by atoms with E-state index in [1.54, 1.807) is 24.3 Å². The predicted octanol–water partition coefficient (Wildman–Crippen LogP) is 4.27. The van der Waals surface area contributed by atoms with Crippen LogP contribution in [0.3, 0.4) is 0 Å². The normalized spacial score (nSPS) is 10.0. The predicted molar refractivity (Wildman–Crippen MR) is 73.2 cm³/mol. The number of benzene rings is 2. The molecule has 0 fully saturated rings. The quantitative estimate of drug-likeness (QED) is 0.814. The molecule has 2 aromatic rings. The van der Waals surface area contributed by atoms with Gasteiger partial charge in [-0.1, -0.05) is 29.9 Å². The molecule has 4 heteroatoms. The van der Waals surface area contributed by atoms with Crippen LogP contribution in [-0.2, 0) is 0 Å². The monoisotopic (exact) mass is 265 g/mol. The Bertz CT molecular complexity index is 539. The molecule has 0 aliphatic rings. The molecule has 17 heavy (non-hydrogen) atoms. The fraction of sp³-hybridized carbons (Fsp3) is 0. The number of halogens is 2. The van der Waals surface area contributed by atoms with E-state index < -0.39 is 0 Å². The molecule has 1 nitrogen and oxygen atoms in total. The molecule has 0 aliphatic heterocycles. The van der Waals surface area contributed by atoms with Crippen LogP contribution in [0.25, 0.3) is 0 Å². The van der Waals surface area contributed by atoms with E-state index in [9.17, 15) is 4.39 Å². The Hall–Kier alpha value is -1.45. The van der Waals surface area contributed by atoms with Crippen LogP contribution in [0.4, 0.5) is 10.1 Å². The second kappa shape index (κ2) is 5.25. The maximum absolute atomic E-state index is 12.7. The topological polar surface area (TPSA) is 12.0 Å². The molecule has 0 radical (unpaired) electrons. The third kappa shape index (κ3) is 3.25. The van der Waals surface area contributed by atoms with E-state index in [2.05, 4.69) is 5.32 Å². The van der Waals surface area contributed by atoms with Crippen LogP contribution in [0.15, 0.2) is 48.5 Å². The van der Waals surface area contributed by atoms with Gasteiger partial charge >= 0.3 is 0 Å². The zero-order valence-electron chi connectivity index (χ0n) is 8.78. The van der Waals surface area contributed by atoms with Gasteiger partial charge in [-0.3, -0.25) is 0 Å². The third-order valence-corrected chi connectivity index (χ3v) is 2.76. The summed E-state index contributed by atoms with van der Waals surface area (Å²) in [5.41, 5.74) is 1.58. The third-order valence-electron chi connectivity index (χ3n) is 2.19. The van der Waals surface area contributed by atoms with Crippen molar-refractivity contribution in [3.8, 4) is 0 Å². The molecule has 0 atom stereocenters.